The van der Waals surface area contributed by atoms with Gasteiger partial charge in [-0.2, -0.15) is 0 Å². The number of amides is 1. The maximum Gasteiger partial charge on any atom is 0.251 e. The Labute approximate surface area is 273 Å². The van der Waals surface area contributed by atoms with Gasteiger partial charge in [-0.15, -0.1) is 0 Å². The Morgan fingerprint density at radius 1 is 0.702 bits per heavy atom. The SMILES string of the molecule is C/C1=C/C=C/[C@H](C)[C@H](O)[C@@H](C)[C@@H](O)[C@@H](C)[C@H](O)[C@H](C)[C@@H](O)[C@@H](CO)/C=C(\C)C(=O)c2c(O)c(C)c(O)c3c2C(=O)C=C(NC1=O)C3=O. The number of carbonyl (C=O) groups excluding carboxylic acids is 4. The molecule has 4 bridgehead atoms. The third kappa shape index (κ3) is 7.31. The van der Waals surface area contributed by atoms with Gasteiger partial charge >= 0.3 is 0 Å². The van der Waals surface area contributed by atoms with Gasteiger partial charge in [0.2, 0.25) is 5.78 Å². The smallest absolute Gasteiger partial charge is 0.251 e. The maximum atomic E-state index is 13.8. The van der Waals surface area contributed by atoms with Crippen LogP contribution in [0.15, 0.2) is 47.2 Å². The highest BCUT2D eigenvalue weighted by molar-refractivity contribution is 6.31. The van der Waals surface area contributed by atoms with Crippen LogP contribution in [0.25, 0.3) is 0 Å². The summed E-state index contributed by atoms with van der Waals surface area (Å²) in [6.45, 7) is 9.69. The second kappa shape index (κ2) is 14.9. The minimum atomic E-state index is -1.44. The van der Waals surface area contributed by atoms with Crippen LogP contribution in [0.1, 0.15) is 78.2 Å². The van der Waals surface area contributed by atoms with Gasteiger partial charge in [0.15, 0.2) is 11.6 Å². The minimum Gasteiger partial charge on any atom is -0.507 e. The molecule has 4 rings (SSSR count). The normalized spacial score (nSPS) is 34.6. The predicted octanol–water partition coefficient (Wildman–Crippen LogP) is 2.03. The van der Waals surface area contributed by atoms with Crippen LogP contribution in [0.3, 0.4) is 0 Å². The summed E-state index contributed by atoms with van der Waals surface area (Å²) in [5.74, 6) is -9.29. The Morgan fingerprint density at radius 2 is 1.21 bits per heavy atom. The number of aliphatic hydroxyl groups excluding tert-OH is 5. The molecule has 0 saturated heterocycles. The van der Waals surface area contributed by atoms with Crippen molar-refractivity contribution in [2.24, 2.45) is 29.6 Å². The van der Waals surface area contributed by atoms with E-state index in [0.717, 1.165) is 6.08 Å². The summed E-state index contributed by atoms with van der Waals surface area (Å²) in [7, 11) is 0. The average Bonchev–Trinajstić information content (AvgIpc) is 3.04. The molecule has 0 radical (unpaired) electrons. The highest BCUT2D eigenvalue weighted by Gasteiger charge is 2.40. The van der Waals surface area contributed by atoms with Crippen molar-refractivity contribution in [1.29, 1.82) is 0 Å². The summed E-state index contributed by atoms with van der Waals surface area (Å²) in [5, 5.41) is 78.6. The molecule has 0 aromatic heterocycles. The molecule has 2 aliphatic heterocycles. The first-order valence-corrected chi connectivity index (χ1v) is 15.5. The zero-order valence-electron chi connectivity index (χ0n) is 27.6. The van der Waals surface area contributed by atoms with E-state index in [1.165, 1.54) is 45.9 Å². The third-order valence-corrected chi connectivity index (χ3v) is 9.51. The van der Waals surface area contributed by atoms with Gasteiger partial charge in [-0.1, -0.05) is 52.0 Å². The van der Waals surface area contributed by atoms with Gasteiger partial charge in [-0.05, 0) is 26.3 Å². The third-order valence-electron chi connectivity index (χ3n) is 9.51. The van der Waals surface area contributed by atoms with Crippen molar-refractivity contribution in [3.05, 3.63) is 69.5 Å². The Morgan fingerprint density at radius 3 is 1.77 bits per heavy atom. The van der Waals surface area contributed by atoms with Crippen molar-refractivity contribution in [1.82, 2.24) is 5.32 Å². The molecule has 47 heavy (non-hydrogen) atoms. The first-order chi connectivity index (χ1) is 21.9. The summed E-state index contributed by atoms with van der Waals surface area (Å²) in [4.78, 5) is 53.6. The molecule has 1 aromatic carbocycles. The molecule has 8 N–H and O–H groups in total. The number of carbonyl (C=O) groups is 4. The first kappa shape index (κ1) is 37.5. The number of hydrogen-bond acceptors (Lipinski definition) is 11. The fraction of sp³-hybridized carbons (Fsp3) is 0.486. The van der Waals surface area contributed by atoms with Gasteiger partial charge in [-0.3, -0.25) is 19.2 Å². The Bertz CT molecular complexity index is 1570. The van der Waals surface area contributed by atoms with E-state index in [0.29, 0.717) is 0 Å². The number of Topliss-reactive ketones (excluding diaryl/α,β-unsaturated/α-hetero) is 2. The number of hydrogen-bond donors (Lipinski definition) is 8. The molecule has 1 amide bonds. The summed E-state index contributed by atoms with van der Waals surface area (Å²) >= 11 is 0. The van der Waals surface area contributed by atoms with Crippen LogP contribution in [0, 0.1) is 36.5 Å². The van der Waals surface area contributed by atoms with Crippen LogP contribution in [0.2, 0.25) is 0 Å². The Balaban J connectivity index is 2.23. The monoisotopic (exact) mass is 655 g/mol. The number of phenols is 2. The highest BCUT2D eigenvalue weighted by Crippen LogP contribution is 2.41. The molecule has 12 nitrogen and oxygen atoms in total. The number of rotatable bonds is 1. The van der Waals surface area contributed by atoms with Gasteiger partial charge < -0.3 is 41.1 Å². The average molecular weight is 656 g/mol. The quantitative estimate of drug-likeness (QED) is 0.219. The molecule has 0 saturated carbocycles. The van der Waals surface area contributed by atoms with Gasteiger partial charge in [0.05, 0.1) is 53.4 Å². The van der Waals surface area contributed by atoms with Crippen molar-refractivity contribution in [3.8, 4) is 11.5 Å². The van der Waals surface area contributed by atoms with Crippen molar-refractivity contribution in [2.75, 3.05) is 6.61 Å². The first-order valence-electron chi connectivity index (χ1n) is 15.5. The molecule has 0 unspecified atom stereocenters. The number of aliphatic hydroxyl groups is 5. The number of ketones is 3. The van der Waals surface area contributed by atoms with Crippen LogP contribution in [-0.2, 0) is 4.79 Å². The lowest BCUT2D eigenvalue weighted by Gasteiger charge is -2.37. The van der Waals surface area contributed by atoms with E-state index >= 15 is 0 Å². The molecule has 1 aliphatic carbocycles. The summed E-state index contributed by atoms with van der Waals surface area (Å²) in [6, 6.07) is 0. The number of fused-ring (bicyclic) bond motifs is 15. The Hall–Kier alpha value is -3.94. The van der Waals surface area contributed by atoms with E-state index in [4.69, 9.17) is 0 Å². The van der Waals surface area contributed by atoms with E-state index in [1.54, 1.807) is 26.8 Å². The van der Waals surface area contributed by atoms with Crippen molar-refractivity contribution in [3.63, 3.8) is 0 Å². The molecule has 1 aromatic rings. The van der Waals surface area contributed by atoms with Crippen LogP contribution < -0.4 is 5.32 Å². The summed E-state index contributed by atoms with van der Waals surface area (Å²) in [5.41, 5.74) is -2.50. The number of phenolic OH excluding ortho intramolecular Hbond substituents is 2. The number of benzene rings is 1. The van der Waals surface area contributed by atoms with Gasteiger partial charge in [0.1, 0.15) is 11.5 Å². The van der Waals surface area contributed by atoms with E-state index < -0.39 is 118 Å². The lowest BCUT2D eigenvalue weighted by atomic mass is 9.76. The van der Waals surface area contributed by atoms with Gasteiger partial charge in [-0.25, -0.2) is 0 Å². The molecular weight excluding hydrogens is 610 g/mol. The van der Waals surface area contributed by atoms with E-state index in [9.17, 15) is 54.9 Å². The topological polar surface area (TPSA) is 222 Å². The lowest BCUT2D eigenvalue weighted by molar-refractivity contribution is -0.116. The molecule has 3 aliphatic rings. The second-order valence-electron chi connectivity index (χ2n) is 12.8. The number of nitrogens with one attached hydrogen (secondary N) is 1. The zero-order valence-corrected chi connectivity index (χ0v) is 27.6. The molecule has 12 heteroatoms. The van der Waals surface area contributed by atoms with Crippen molar-refractivity contribution < 1.29 is 54.9 Å². The minimum absolute atomic E-state index is 0.117. The van der Waals surface area contributed by atoms with E-state index in [-0.39, 0.29) is 16.7 Å². The molecular formula is C35H45NO11. The molecule has 2 heterocycles. The fourth-order valence-corrected chi connectivity index (χ4v) is 6.11. The van der Waals surface area contributed by atoms with Crippen LogP contribution >= 0.6 is 0 Å². The number of aromatic hydroxyl groups is 2. The van der Waals surface area contributed by atoms with Gasteiger partial charge in [0.25, 0.3) is 5.91 Å². The zero-order chi connectivity index (χ0) is 35.7. The fourth-order valence-electron chi connectivity index (χ4n) is 6.11. The molecule has 256 valence electrons. The van der Waals surface area contributed by atoms with Crippen molar-refractivity contribution in [2.45, 2.75) is 72.9 Å². The van der Waals surface area contributed by atoms with Gasteiger partial charge in [0, 0.05) is 46.8 Å². The van der Waals surface area contributed by atoms with E-state index in [2.05, 4.69) is 5.32 Å². The Kier molecular flexibility index (Phi) is 11.9. The van der Waals surface area contributed by atoms with Crippen LogP contribution in [0.5, 0.6) is 11.5 Å². The largest absolute Gasteiger partial charge is 0.507 e. The number of allylic oxidation sites excluding steroid dienone is 5. The summed E-state index contributed by atoms with van der Waals surface area (Å²) in [6.07, 6.45) is 1.49. The molecule has 9 atom stereocenters. The van der Waals surface area contributed by atoms with Crippen molar-refractivity contribution >= 4 is 23.3 Å². The lowest BCUT2D eigenvalue weighted by Crippen LogP contribution is -2.46. The highest BCUT2D eigenvalue weighted by atomic mass is 16.3. The second-order valence-corrected chi connectivity index (χ2v) is 12.8. The molecule has 0 spiro atoms. The van der Waals surface area contributed by atoms with Crippen LogP contribution in [0.4, 0.5) is 0 Å². The predicted molar refractivity (Wildman–Crippen MR) is 172 cm³/mol. The summed E-state index contributed by atoms with van der Waals surface area (Å²) < 4.78 is 0. The standard InChI is InChI=1S/C35H45NO11/c1-14-9-8-10-15(2)35(47)36-22-12-23(38)24-25(32(44)20(7)33(45)26(24)34(22)46)28(40)16(3)11-21(13-37)31(43)19(6)30(42)18(5)29(41)17(4)27(14)39/h8-12,14,17-19,21,27,29-31,37,39,41-45H,13H2,1-7H3,(H,36,47)/b9-8+,15-10-,16-11+/t14-,17+,18+,19-,21+,27-,29+,30-,31+/m0/s1. The van der Waals surface area contributed by atoms with E-state index in [1.807, 2.05) is 0 Å². The maximum absolute atomic E-state index is 13.8. The van der Waals surface area contributed by atoms with Crippen LogP contribution in [-0.4, -0.2) is 90.0 Å². The molecule has 0 fully saturated rings.